The van der Waals surface area contributed by atoms with E-state index in [1.54, 1.807) is 11.3 Å². The molecule has 4 heterocycles. The highest BCUT2D eigenvalue weighted by Crippen LogP contribution is 2.55. The molecule has 1 aliphatic carbocycles. The summed E-state index contributed by atoms with van der Waals surface area (Å²) < 4.78 is 24.2. The number of rotatable bonds is 26. The van der Waals surface area contributed by atoms with Crippen molar-refractivity contribution in [3.05, 3.63) is 87.7 Å². The topological polar surface area (TPSA) is 44.2 Å². The molecule has 8 rings (SSSR count). The van der Waals surface area contributed by atoms with Crippen LogP contribution >= 0.6 is 50.3 Å². The molecule has 3 aromatic heterocycles. The zero-order valence-corrected chi connectivity index (χ0v) is 44.9. The first kappa shape index (κ1) is 49.8. The molecular weight excluding hydrogens is 932 g/mol. The third-order valence-corrected chi connectivity index (χ3v) is 18.6. The summed E-state index contributed by atoms with van der Waals surface area (Å²) >= 11 is 8.59. The molecule has 352 valence electrons. The number of hydrogen-bond acceptors (Lipinski definition) is 7. The first-order valence-electron chi connectivity index (χ1n) is 25.8. The van der Waals surface area contributed by atoms with Crippen LogP contribution in [0, 0.1) is 0 Å². The van der Waals surface area contributed by atoms with Crippen LogP contribution in [-0.2, 0) is 14.7 Å². The fourth-order valence-corrected chi connectivity index (χ4v) is 13.7. The summed E-state index contributed by atoms with van der Waals surface area (Å²) in [5, 5.41) is 0. The fraction of sp³-hybridized carbons (Fsp3) is 0.544. The number of hydrogen-bond donors (Lipinski definition) is 0. The van der Waals surface area contributed by atoms with Gasteiger partial charge in [0.25, 0.3) is 0 Å². The van der Waals surface area contributed by atoms with Gasteiger partial charge in [-0.15, -0.1) is 22.7 Å². The van der Waals surface area contributed by atoms with Crippen LogP contribution in [0.5, 0.6) is 0 Å². The summed E-state index contributed by atoms with van der Waals surface area (Å²) in [5.41, 5.74) is 11.8. The van der Waals surface area contributed by atoms with Gasteiger partial charge in [-0.25, -0.2) is 0 Å². The van der Waals surface area contributed by atoms with Crippen LogP contribution in [0.1, 0.15) is 194 Å². The molecule has 0 bridgehead atoms. The smallest absolute Gasteiger partial charge is 0.399 e. The van der Waals surface area contributed by atoms with E-state index in [0.29, 0.717) is 0 Å². The summed E-state index contributed by atoms with van der Waals surface area (Å²) in [6.07, 6.45) is 29.4. The van der Waals surface area contributed by atoms with Crippen molar-refractivity contribution in [2.45, 2.75) is 199 Å². The Morgan fingerprint density at radius 3 is 1.44 bits per heavy atom. The summed E-state index contributed by atoms with van der Waals surface area (Å²) in [6.45, 7) is 13.3. The summed E-state index contributed by atoms with van der Waals surface area (Å²) in [5.74, 6) is 0. The van der Waals surface area contributed by atoms with Crippen molar-refractivity contribution < 1.29 is 9.31 Å². The average Bonchev–Trinajstić information content (AvgIpc) is 4.16. The lowest BCUT2D eigenvalue weighted by molar-refractivity contribution is 0.00578. The van der Waals surface area contributed by atoms with Gasteiger partial charge in [0, 0.05) is 31.2 Å². The number of benzene rings is 3. The van der Waals surface area contributed by atoms with E-state index in [-0.39, 0.29) is 23.7 Å². The lowest BCUT2D eigenvalue weighted by Crippen LogP contribution is -2.41. The Morgan fingerprint density at radius 1 is 0.485 bits per heavy atom. The molecule has 0 atom stereocenters. The summed E-state index contributed by atoms with van der Waals surface area (Å²) in [4.78, 5) is 3.75. The molecule has 9 heteroatoms. The maximum atomic E-state index is 6.73. The number of thiophene rings is 2. The van der Waals surface area contributed by atoms with Gasteiger partial charge in [0.1, 0.15) is 11.0 Å². The fourth-order valence-electron chi connectivity index (χ4n) is 10.6. The minimum absolute atomic E-state index is 0.0637. The second kappa shape index (κ2) is 22.8. The van der Waals surface area contributed by atoms with E-state index in [4.69, 9.17) is 18.1 Å². The Labute approximate surface area is 418 Å². The van der Waals surface area contributed by atoms with Crippen molar-refractivity contribution >= 4 is 73.9 Å². The van der Waals surface area contributed by atoms with Gasteiger partial charge < -0.3 is 9.31 Å². The van der Waals surface area contributed by atoms with Crippen LogP contribution in [0.3, 0.4) is 0 Å². The lowest BCUT2D eigenvalue weighted by atomic mass is 9.68. The zero-order chi connectivity index (χ0) is 46.2. The van der Waals surface area contributed by atoms with E-state index in [0.717, 1.165) is 31.4 Å². The van der Waals surface area contributed by atoms with Gasteiger partial charge in [0.2, 0.25) is 0 Å². The second-order valence-electron chi connectivity index (χ2n) is 20.5. The molecule has 0 radical (unpaired) electrons. The molecule has 2 aliphatic rings. The van der Waals surface area contributed by atoms with Crippen molar-refractivity contribution in [1.29, 1.82) is 0 Å². The monoisotopic (exact) mass is 1000 g/mol. The van der Waals surface area contributed by atoms with E-state index >= 15 is 0 Å². The lowest BCUT2D eigenvalue weighted by Gasteiger charge is -2.33. The number of nitrogens with zero attached hydrogens (tertiary/aromatic N) is 2. The zero-order valence-electron chi connectivity index (χ0n) is 40.9. The molecule has 0 spiro atoms. The van der Waals surface area contributed by atoms with E-state index < -0.39 is 0 Å². The predicted molar refractivity (Wildman–Crippen MR) is 292 cm³/mol. The SMILES string of the molecule is CCCCCCCCCCCCC1(CCCCCCCCCCCC)c2cc(B3OC(C)(C)C(C)(C)O3)ccc2-c2ccc(-c3ccc(-c4ccc(-c5ccc(Br)s5)c5nsnc45)s3)cc21. The molecule has 1 fully saturated rings. The molecule has 0 amide bonds. The van der Waals surface area contributed by atoms with Crippen molar-refractivity contribution in [3.8, 4) is 42.4 Å². The Kier molecular flexibility index (Phi) is 17.2. The van der Waals surface area contributed by atoms with Gasteiger partial charge in [-0.1, -0.05) is 185 Å². The van der Waals surface area contributed by atoms with Gasteiger partial charge in [-0.05, 0) is 120 Å². The second-order valence-corrected chi connectivity index (χ2v) is 24.6. The standard InChI is InChI=1S/C57H74BBrN2O2S3/c1-7-9-11-13-15-17-19-21-23-25-37-57(38-26-24-22-20-18-16-14-12-10-8-2)47-39-41(27-29-43(47)44-30-28-42(40-48(44)57)58-62-55(3,4)56(5,6)63-58)49-33-34-50(64-49)45-31-32-46(51-35-36-52(59)65-51)54-53(45)60-66-61-54/h27-36,39-40H,7-26,37-38H2,1-6H3. The third-order valence-electron chi connectivity index (χ3n) is 15.2. The minimum Gasteiger partial charge on any atom is -0.399 e. The largest absolute Gasteiger partial charge is 0.494 e. The van der Waals surface area contributed by atoms with E-state index in [2.05, 4.69) is 130 Å². The van der Waals surface area contributed by atoms with Gasteiger partial charge in [-0.2, -0.15) is 8.75 Å². The molecule has 1 aliphatic heterocycles. The van der Waals surface area contributed by atoms with Crippen LogP contribution in [0.15, 0.2) is 76.6 Å². The molecule has 4 nitrogen and oxygen atoms in total. The first-order valence-corrected chi connectivity index (χ1v) is 29.0. The molecule has 0 N–H and O–H groups in total. The molecule has 0 saturated carbocycles. The number of halogens is 1. The van der Waals surface area contributed by atoms with Gasteiger partial charge in [0.05, 0.1) is 26.7 Å². The molecular formula is C57H74BBrN2O2S3. The Morgan fingerprint density at radius 2 is 0.924 bits per heavy atom. The van der Waals surface area contributed by atoms with Crippen LogP contribution in [-0.4, -0.2) is 27.1 Å². The minimum atomic E-state index is -0.386. The van der Waals surface area contributed by atoms with Crippen LogP contribution in [0.25, 0.3) is 53.5 Å². The highest BCUT2D eigenvalue weighted by Gasteiger charge is 2.52. The van der Waals surface area contributed by atoms with Gasteiger partial charge in [-0.3, -0.25) is 0 Å². The predicted octanol–water partition coefficient (Wildman–Crippen LogP) is 18.8. The van der Waals surface area contributed by atoms with Gasteiger partial charge >= 0.3 is 7.12 Å². The number of aromatic nitrogens is 2. The average molecular weight is 1010 g/mol. The Balaban J connectivity index is 1.10. The van der Waals surface area contributed by atoms with Gasteiger partial charge in [0.15, 0.2) is 0 Å². The van der Waals surface area contributed by atoms with Crippen molar-refractivity contribution in [3.63, 3.8) is 0 Å². The van der Waals surface area contributed by atoms with E-state index in [1.807, 2.05) is 11.3 Å². The van der Waals surface area contributed by atoms with Crippen molar-refractivity contribution in [2.24, 2.45) is 0 Å². The highest BCUT2D eigenvalue weighted by molar-refractivity contribution is 9.11. The molecule has 3 aromatic carbocycles. The molecule has 1 saturated heterocycles. The maximum Gasteiger partial charge on any atom is 0.494 e. The maximum absolute atomic E-state index is 6.73. The quantitative estimate of drug-likeness (QED) is 0.0401. The summed E-state index contributed by atoms with van der Waals surface area (Å²) in [7, 11) is -0.378. The van der Waals surface area contributed by atoms with E-state index in [1.165, 1.54) is 195 Å². The third kappa shape index (κ3) is 11.2. The normalized spacial score (nSPS) is 15.8. The Hall–Kier alpha value is -2.66. The Bertz CT molecular complexity index is 2460. The highest BCUT2D eigenvalue weighted by atomic mass is 79.9. The summed E-state index contributed by atoms with van der Waals surface area (Å²) in [6, 6.07) is 28.0. The molecule has 66 heavy (non-hydrogen) atoms. The van der Waals surface area contributed by atoms with Crippen molar-refractivity contribution in [1.82, 2.24) is 8.75 Å². The number of fused-ring (bicyclic) bond motifs is 4. The number of unbranched alkanes of at least 4 members (excludes halogenated alkanes) is 18. The van der Waals surface area contributed by atoms with Crippen LogP contribution in [0.2, 0.25) is 0 Å². The molecule has 6 aromatic rings. The van der Waals surface area contributed by atoms with Crippen molar-refractivity contribution in [2.75, 3.05) is 0 Å². The molecule has 0 unspecified atom stereocenters. The van der Waals surface area contributed by atoms with Crippen LogP contribution in [0.4, 0.5) is 0 Å². The van der Waals surface area contributed by atoms with Crippen LogP contribution < -0.4 is 5.46 Å². The first-order chi connectivity index (χ1) is 32.0. The van der Waals surface area contributed by atoms with E-state index in [9.17, 15) is 0 Å².